The number of Topliss-reactive ketones (excluding diaryl/α,β-unsaturated/α-hetero) is 1. The molecule has 0 spiro atoms. The Labute approximate surface area is 183 Å². The van der Waals surface area contributed by atoms with E-state index < -0.39 is 32.6 Å². The Morgan fingerprint density at radius 3 is 2.58 bits per heavy atom. The summed E-state index contributed by atoms with van der Waals surface area (Å²) in [7, 11) is -3.88. The number of nitrogens with zero attached hydrogens (tertiary/aromatic N) is 3. The Bertz CT molecular complexity index is 1550. The Morgan fingerprint density at radius 1 is 1.16 bits per heavy atom. The molecule has 0 saturated carbocycles. The van der Waals surface area contributed by atoms with Gasteiger partial charge in [0.25, 0.3) is 5.56 Å². The number of nitrogens with one attached hydrogen (secondary N) is 1. The number of carbonyl (C=O) groups is 1. The van der Waals surface area contributed by atoms with Crippen molar-refractivity contribution in [3.05, 3.63) is 79.2 Å². The van der Waals surface area contributed by atoms with Gasteiger partial charge in [-0.1, -0.05) is 17.7 Å². The van der Waals surface area contributed by atoms with E-state index in [9.17, 15) is 22.8 Å². The minimum atomic E-state index is -3.88. The summed E-state index contributed by atoms with van der Waals surface area (Å²) in [5.41, 5.74) is -0.249. The molecule has 12 heteroatoms. The smallest absolute Gasteiger partial charge is 0.306 e. The van der Waals surface area contributed by atoms with Gasteiger partial charge < -0.3 is 4.98 Å². The van der Waals surface area contributed by atoms with Crippen molar-refractivity contribution in [2.45, 2.75) is 11.1 Å². The quantitative estimate of drug-likeness (QED) is 0.436. The summed E-state index contributed by atoms with van der Waals surface area (Å²) in [5, 5.41) is 0.285. The van der Waals surface area contributed by atoms with Crippen molar-refractivity contribution in [1.82, 2.24) is 19.5 Å². The molecule has 158 valence electrons. The summed E-state index contributed by atoms with van der Waals surface area (Å²) in [5.74, 6) is -1.69. The summed E-state index contributed by atoms with van der Waals surface area (Å²) in [6, 6.07) is 7.76. The van der Waals surface area contributed by atoms with Crippen LogP contribution in [0.4, 0.5) is 0 Å². The SMILES string of the molecule is Cc1ccc2c(=O)n(-c3cnc(C(=O)CS(=O)(=O)c4ccc(Cl)s4)cn3)c(=O)[nH]c2c1. The van der Waals surface area contributed by atoms with Crippen LogP contribution in [0.25, 0.3) is 16.7 Å². The van der Waals surface area contributed by atoms with Crippen LogP contribution in [0.1, 0.15) is 16.1 Å². The van der Waals surface area contributed by atoms with Gasteiger partial charge in [0.2, 0.25) is 0 Å². The maximum Gasteiger partial charge on any atom is 0.334 e. The van der Waals surface area contributed by atoms with Gasteiger partial charge in [-0.2, -0.15) is 0 Å². The molecular formula is C19H13ClN4O5S2. The molecule has 0 saturated heterocycles. The molecule has 0 atom stereocenters. The number of rotatable bonds is 5. The third-order valence-electron chi connectivity index (χ3n) is 4.38. The number of aryl methyl sites for hydroxylation is 1. The highest BCUT2D eigenvalue weighted by Crippen LogP contribution is 2.26. The number of aromatic nitrogens is 4. The van der Waals surface area contributed by atoms with E-state index in [1.807, 2.05) is 6.92 Å². The third kappa shape index (κ3) is 4.07. The van der Waals surface area contributed by atoms with Crippen molar-refractivity contribution in [1.29, 1.82) is 0 Å². The third-order valence-corrected chi connectivity index (χ3v) is 7.81. The number of hydrogen-bond donors (Lipinski definition) is 1. The molecule has 0 aliphatic heterocycles. The highest BCUT2D eigenvalue weighted by Gasteiger charge is 2.23. The lowest BCUT2D eigenvalue weighted by Gasteiger charge is -2.06. The predicted octanol–water partition coefficient (Wildman–Crippen LogP) is 2.15. The molecule has 0 unspecified atom stereocenters. The zero-order valence-corrected chi connectivity index (χ0v) is 18.2. The van der Waals surface area contributed by atoms with E-state index in [1.165, 1.54) is 12.1 Å². The van der Waals surface area contributed by atoms with Crippen LogP contribution in [0.2, 0.25) is 4.34 Å². The predicted molar refractivity (Wildman–Crippen MR) is 116 cm³/mol. The van der Waals surface area contributed by atoms with Gasteiger partial charge in [0.1, 0.15) is 15.7 Å². The monoisotopic (exact) mass is 476 g/mol. The first-order valence-corrected chi connectivity index (χ1v) is 11.6. The zero-order valence-electron chi connectivity index (χ0n) is 15.8. The lowest BCUT2D eigenvalue weighted by atomic mass is 10.2. The van der Waals surface area contributed by atoms with Gasteiger partial charge in [-0.05, 0) is 36.8 Å². The molecule has 1 N–H and O–H groups in total. The maximum absolute atomic E-state index is 12.7. The second kappa shape index (κ2) is 7.84. The summed E-state index contributed by atoms with van der Waals surface area (Å²) in [6.45, 7) is 1.83. The van der Waals surface area contributed by atoms with E-state index in [4.69, 9.17) is 11.6 Å². The van der Waals surface area contributed by atoms with Crippen LogP contribution in [0.5, 0.6) is 0 Å². The molecule has 0 aliphatic carbocycles. The molecule has 0 amide bonds. The summed E-state index contributed by atoms with van der Waals surface area (Å²) in [6.07, 6.45) is 2.10. The number of thiophene rings is 1. The van der Waals surface area contributed by atoms with Gasteiger partial charge in [-0.15, -0.1) is 11.3 Å². The Kier molecular flexibility index (Phi) is 5.33. The van der Waals surface area contributed by atoms with Gasteiger partial charge >= 0.3 is 5.69 Å². The molecule has 9 nitrogen and oxygen atoms in total. The fourth-order valence-electron chi connectivity index (χ4n) is 2.90. The van der Waals surface area contributed by atoms with Gasteiger partial charge in [0.15, 0.2) is 21.4 Å². The van der Waals surface area contributed by atoms with Crippen molar-refractivity contribution < 1.29 is 13.2 Å². The Balaban J connectivity index is 1.66. The number of carbonyl (C=O) groups excluding carboxylic acids is 1. The molecule has 0 aliphatic rings. The Morgan fingerprint density at radius 2 is 1.94 bits per heavy atom. The number of benzene rings is 1. The first-order valence-electron chi connectivity index (χ1n) is 8.75. The lowest BCUT2D eigenvalue weighted by molar-refractivity contribution is 0.101. The minimum absolute atomic E-state index is 0.0279. The molecule has 4 aromatic rings. The number of sulfone groups is 1. The molecule has 31 heavy (non-hydrogen) atoms. The number of H-pyrrole nitrogens is 1. The molecular weight excluding hydrogens is 464 g/mol. The normalized spacial score (nSPS) is 11.7. The van der Waals surface area contributed by atoms with Gasteiger partial charge in [-0.25, -0.2) is 27.7 Å². The summed E-state index contributed by atoms with van der Waals surface area (Å²) < 4.78 is 25.7. The number of aromatic amines is 1. The standard InChI is InChI=1S/C19H13ClN4O5S2/c1-10-2-3-11-12(6-10)23-19(27)24(18(11)26)16-8-21-13(7-22-16)14(25)9-31(28,29)17-5-4-15(20)30-17/h2-8H,9H2,1H3,(H,23,27). The molecule has 4 rings (SSSR count). The van der Waals surface area contributed by atoms with Crippen LogP contribution >= 0.6 is 22.9 Å². The fraction of sp³-hybridized carbons (Fsp3) is 0.105. The first-order chi connectivity index (χ1) is 14.7. The van der Waals surface area contributed by atoms with Gasteiger partial charge in [-0.3, -0.25) is 9.59 Å². The molecule has 0 fully saturated rings. The van der Waals surface area contributed by atoms with Crippen LogP contribution in [-0.2, 0) is 9.84 Å². The van der Waals surface area contributed by atoms with E-state index in [-0.39, 0.29) is 25.4 Å². The van der Waals surface area contributed by atoms with Crippen LogP contribution in [0.3, 0.4) is 0 Å². The van der Waals surface area contributed by atoms with Crippen molar-refractivity contribution in [3.63, 3.8) is 0 Å². The Hall–Kier alpha value is -3.15. The summed E-state index contributed by atoms with van der Waals surface area (Å²) in [4.78, 5) is 48.0. The second-order valence-electron chi connectivity index (χ2n) is 6.62. The molecule has 3 aromatic heterocycles. The van der Waals surface area contributed by atoms with E-state index in [0.717, 1.165) is 33.9 Å². The van der Waals surface area contributed by atoms with Crippen LogP contribution in [0, 0.1) is 6.92 Å². The molecule has 0 bridgehead atoms. The van der Waals surface area contributed by atoms with Crippen molar-refractivity contribution in [3.8, 4) is 5.82 Å². The van der Waals surface area contributed by atoms with Crippen LogP contribution in [-0.4, -0.2) is 39.5 Å². The molecule has 0 radical (unpaired) electrons. The average Bonchev–Trinajstić information content (AvgIpc) is 3.15. The van der Waals surface area contributed by atoms with Gasteiger partial charge in [0.05, 0.1) is 27.6 Å². The van der Waals surface area contributed by atoms with Crippen molar-refractivity contribution in [2.75, 3.05) is 5.75 Å². The lowest BCUT2D eigenvalue weighted by Crippen LogP contribution is -2.34. The number of ketones is 1. The summed E-state index contributed by atoms with van der Waals surface area (Å²) >= 11 is 6.61. The number of fused-ring (bicyclic) bond motifs is 1. The van der Waals surface area contributed by atoms with E-state index in [2.05, 4.69) is 15.0 Å². The number of hydrogen-bond acceptors (Lipinski definition) is 8. The highest BCUT2D eigenvalue weighted by molar-refractivity contribution is 7.94. The maximum atomic E-state index is 12.7. The topological polar surface area (TPSA) is 132 Å². The fourth-order valence-corrected chi connectivity index (χ4v) is 5.68. The van der Waals surface area contributed by atoms with E-state index in [0.29, 0.717) is 5.52 Å². The van der Waals surface area contributed by atoms with Crippen molar-refractivity contribution in [2.24, 2.45) is 0 Å². The van der Waals surface area contributed by atoms with Crippen molar-refractivity contribution >= 4 is 49.5 Å². The van der Waals surface area contributed by atoms with Crippen LogP contribution < -0.4 is 11.2 Å². The largest absolute Gasteiger partial charge is 0.334 e. The molecule has 3 heterocycles. The number of halogens is 1. The van der Waals surface area contributed by atoms with Gasteiger partial charge in [0, 0.05) is 0 Å². The zero-order chi connectivity index (χ0) is 22.3. The van der Waals surface area contributed by atoms with E-state index >= 15 is 0 Å². The highest BCUT2D eigenvalue weighted by atomic mass is 35.5. The average molecular weight is 477 g/mol. The first kappa shape index (κ1) is 21.1. The minimum Gasteiger partial charge on any atom is -0.306 e. The van der Waals surface area contributed by atoms with Crippen LogP contribution in [0.15, 0.2) is 56.5 Å². The second-order valence-corrected chi connectivity index (χ2v) is 10.6. The van der Waals surface area contributed by atoms with E-state index in [1.54, 1.807) is 18.2 Å². The molecule has 1 aromatic carbocycles.